The van der Waals surface area contributed by atoms with E-state index in [2.05, 4.69) is 21.4 Å². The zero-order chi connectivity index (χ0) is 18.5. The molecule has 1 aliphatic rings. The van der Waals surface area contributed by atoms with E-state index in [1.165, 1.54) is 0 Å². The van der Waals surface area contributed by atoms with E-state index < -0.39 is 0 Å². The van der Waals surface area contributed by atoms with Gasteiger partial charge in [0.15, 0.2) is 0 Å². The van der Waals surface area contributed by atoms with Gasteiger partial charge >= 0.3 is 0 Å². The van der Waals surface area contributed by atoms with Crippen molar-refractivity contribution in [3.63, 3.8) is 0 Å². The summed E-state index contributed by atoms with van der Waals surface area (Å²) in [5.74, 6) is 1.32. The largest absolute Gasteiger partial charge is 0.341 e. The highest BCUT2D eigenvalue weighted by atomic mass is 16.2. The number of carbonyl (C=O) groups is 1. The minimum Gasteiger partial charge on any atom is -0.341 e. The summed E-state index contributed by atoms with van der Waals surface area (Å²) in [5.41, 5.74) is 2.95. The molecular weight excluding hydrogens is 326 g/mol. The molecule has 1 unspecified atom stereocenters. The molecule has 3 heterocycles. The second kappa shape index (κ2) is 8.27. The summed E-state index contributed by atoms with van der Waals surface area (Å²) >= 11 is 0. The van der Waals surface area contributed by atoms with Crippen LogP contribution in [0.3, 0.4) is 0 Å². The highest BCUT2D eigenvalue weighted by Gasteiger charge is 2.25. The van der Waals surface area contributed by atoms with E-state index in [-0.39, 0.29) is 5.91 Å². The number of piperidine rings is 1. The fourth-order valence-corrected chi connectivity index (χ4v) is 3.30. The predicted molar refractivity (Wildman–Crippen MR) is 104 cm³/mol. The summed E-state index contributed by atoms with van der Waals surface area (Å²) in [4.78, 5) is 25.3. The van der Waals surface area contributed by atoms with E-state index in [0.29, 0.717) is 12.5 Å². The van der Waals surface area contributed by atoms with Crippen molar-refractivity contribution in [1.82, 2.24) is 19.8 Å². The topological polar surface area (TPSA) is 61.4 Å². The van der Waals surface area contributed by atoms with Gasteiger partial charge in [-0.1, -0.05) is 6.07 Å². The number of amides is 1. The Kier molecular flexibility index (Phi) is 5.83. The fraction of sp³-hybridized carbons (Fsp3) is 0.450. The molecule has 3 rings (SSSR count). The molecule has 1 fully saturated rings. The molecule has 1 saturated heterocycles. The molecule has 6 heteroatoms. The lowest BCUT2D eigenvalue weighted by Gasteiger charge is -2.33. The molecule has 1 amide bonds. The molecule has 2 aromatic rings. The highest BCUT2D eigenvalue weighted by Crippen LogP contribution is 2.26. The van der Waals surface area contributed by atoms with Gasteiger partial charge in [-0.05, 0) is 58.1 Å². The van der Waals surface area contributed by atoms with Crippen molar-refractivity contribution >= 4 is 17.4 Å². The molecule has 1 aliphatic heterocycles. The molecule has 0 radical (unpaired) electrons. The number of rotatable bonds is 5. The predicted octanol–water partition coefficient (Wildman–Crippen LogP) is 2.80. The molecular formula is C20H27N5O. The highest BCUT2D eigenvalue weighted by molar-refractivity contribution is 5.78. The van der Waals surface area contributed by atoms with Crippen molar-refractivity contribution in [2.45, 2.75) is 25.7 Å². The van der Waals surface area contributed by atoms with E-state index in [0.717, 1.165) is 48.8 Å². The number of pyridine rings is 2. The number of likely N-dealkylation sites (N-methyl/N-ethyl adjacent to an activating group) is 1. The van der Waals surface area contributed by atoms with Gasteiger partial charge in [0.05, 0.1) is 18.4 Å². The minimum atomic E-state index is 0.198. The van der Waals surface area contributed by atoms with Gasteiger partial charge < -0.3 is 15.1 Å². The Morgan fingerprint density at radius 3 is 2.85 bits per heavy atom. The first kappa shape index (κ1) is 18.3. The first-order valence-corrected chi connectivity index (χ1v) is 9.10. The number of aryl methyl sites for hydroxylation is 1. The average Bonchev–Trinajstić information content (AvgIpc) is 2.62. The van der Waals surface area contributed by atoms with E-state index in [1.54, 1.807) is 0 Å². The van der Waals surface area contributed by atoms with E-state index in [4.69, 9.17) is 0 Å². The monoisotopic (exact) mass is 353 g/mol. The van der Waals surface area contributed by atoms with E-state index >= 15 is 0 Å². The maximum Gasteiger partial charge on any atom is 0.236 e. The zero-order valence-corrected chi connectivity index (χ0v) is 15.8. The van der Waals surface area contributed by atoms with Crippen LogP contribution in [0.5, 0.6) is 0 Å². The molecule has 6 nitrogen and oxygen atoms in total. The van der Waals surface area contributed by atoms with Crippen LogP contribution in [0.15, 0.2) is 36.5 Å². The lowest BCUT2D eigenvalue weighted by atomic mass is 9.94. The van der Waals surface area contributed by atoms with Crippen molar-refractivity contribution in [2.24, 2.45) is 0 Å². The summed E-state index contributed by atoms with van der Waals surface area (Å²) in [6.07, 6.45) is 3.95. The lowest BCUT2D eigenvalue weighted by Crippen LogP contribution is -2.43. The van der Waals surface area contributed by atoms with Crippen LogP contribution in [-0.4, -0.2) is 59.4 Å². The number of hydrogen-bond donors (Lipinski definition) is 1. The number of carbonyl (C=O) groups excluding carboxylic acids is 1. The maximum absolute atomic E-state index is 12.3. The van der Waals surface area contributed by atoms with Crippen LogP contribution in [-0.2, 0) is 4.79 Å². The Morgan fingerprint density at radius 2 is 2.15 bits per heavy atom. The third kappa shape index (κ3) is 4.79. The molecule has 138 valence electrons. The third-order valence-electron chi connectivity index (χ3n) is 4.59. The van der Waals surface area contributed by atoms with Crippen molar-refractivity contribution in [2.75, 3.05) is 39.0 Å². The third-order valence-corrected chi connectivity index (χ3v) is 4.59. The lowest BCUT2D eigenvalue weighted by molar-refractivity contribution is -0.133. The smallest absolute Gasteiger partial charge is 0.236 e. The Hall–Kier alpha value is -2.47. The van der Waals surface area contributed by atoms with Gasteiger partial charge in [-0.2, -0.15) is 0 Å². The summed E-state index contributed by atoms with van der Waals surface area (Å²) in [6.45, 7) is 4.04. The molecule has 0 aromatic carbocycles. The summed E-state index contributed by atoms with van der Waals surface area (Å²) in [6, 6.07) is 9.98. The van der Waals surface area contributed by atoms with Gasteiger partial charge in [0.25, 0.3) is 0 Å². The number of anilines is 2. The normalized spacial score (nSPS) is 17.4. The molecule has 2 aromatic heterocycles. The number of nitrogens with zero attached hydrogens (tertiary/aromatic N) is 4. The van der Waals surface area contributed by atoms with E-state index in [9.17, 15) is 4.79 Å². The molecule has 0 saturated carbocycles. The van der Waals surface area contributed by atoms with Crippen LogP contribution >= 0.6 is 0 Å². The Labute approximate surface area is 155 Å². The van der Waals surface area contributed by atoms with Crippen molar-refractivity contribution in [3.8, 4) is 0 Å². The standard InChI is InChI=1S/C20H27N5O/c1-15-6-4-8-19(22-15)23-17-9-10-18(21-12-17)16-7-5-11-25(13-16)20(26)14-24(2)3/h4,6,8-10,12,16H,5,7,11,13-14H2,1-3H3,(H,22,23). The quantitative estimate of drug-likeness (QED) is 0.896. The number of nitrogens with one attached hydrogen (secondary N) is 1. The second-order valence-electron chi connectivity index (χ2n) is 7.18. The van der Waals surface area contributed by atoms with Gasteiger partial charge in [0.1, 0.15) is 5.82 Å². The average molecular weight is 353 g/mol. The van der Waals surface area contributed by atoms with Crippen LogP contribution in [0, 0.1) is 6.92 Å². The summed E-state index contributed by atoms with van der Waals surface area (Å²) in [7, 11) is 3.85. The Bertz CT molecular complexity index is 744. The second-order valence-corrected chi connectivity index (χ2v) is 7.18. The van der Waals surface area contributed by atoms with Crippen LogP contribution in [0.25, 0.3) is 0 Å². The van der Waals surface area contributed by atoms with Crippen molar-refractivity contribution < 1.29 is 4.79 Å². The number of aromatic nitrogens is 2. The summed E-state index contributed by atoms with van der Waals surface area (Å²) in [5, 5.41) is 3.28. The molecule has 0 aliphatic carbocycles. The van der Waals surface area contributed by atoms with Crippen LogP contribution in [0.2, 0.25) is 0 Å². The van der Waals surface area contributed by atoms with Crippen molar-refractivity contribution in [3.05, 3.63) is 47.9 Å². The SMILES string of the molecule is Cc1cccc(Nc2ccc(C3CCCN(C(=O)CN(C)C)C3)nc2)n1. The van der Waals surface area contributed by atoms with Crippen LogP contribution in [0.4, 0.5) is 11.5 Å². The molecule has 1 N–H and O–H groups in total. The summed E-state index contributed by atoms with van der Waals surface area (Å²) < 4.78 is 0. The first-order valence-electron chi connectivity index (χ1n) is 9.10. The fourth-order valence-electron chi connectivity index (χ4n) is 3.30. The van der Waals surface area contributed by atoms with Crippen LogP contribution < -0.4 is 5.32 Å². The Morgan fingerprint density at radius 1 is 1.31 bits per heavy atom. The van der Waals surface area contributed by atoms with Gasteiger partial charge in [-0.3, -0.25) is 9.78 Å². The zero-order valence-electron chi connectivity index (χ0n) is 15.8. The van der Waals surface area contributed by atoms with Crippen molar-refractivity contribution in [1.29, 1.82) is 0 Å². The number of hydrogen-bond acceptors (Lipinski definition) is 5. The van der Waals surface area contributed by atoms with Crippen LogP contribution in [0.1, 0.15) is 30.1 Å². The molecule has 1 atom stereocenters. The van der Waals surface area contributed by atoms with Gasteiger partial charge in [0, 0.05) is 30.4 Å². The first-order chi connectivity index (χ1) is 12.5. The number of likely N-dealkylation sites (tertiary alicyclic amines) is 1. The van der Waals surface area contributed by atoms with Gasteiger partial charge in [0.2, 0.25) is 5.91 Å². The molecule has 26 heavy (non-hydrogen) atoms. The van der Waals surface area contributed by atoms with Gasteiger partial charge in [-0.15, -0.1) is 0 Å². The van der Waals surface area contributed by atoms with E-state index in [1.807, 2.05) is 61.3 Å². The maximum atomic E-state index is 12.3. The minimum absolute atomic E-state index is 0.198. The molecule has 0 bridgehead atoms. The Balaban J connectivity index is 1.63. The van der Waals surface area contributed by atoms with Gasteiger partial charge in [-0.25, -0.2) is 4.98 Å². The molecule has 0 spiro atoms.